The van der Waals surface area contributed by atoms with Gasteiger partial charge in [-0.2, -0.15) is 0 Å². The van der Waals surface area contributed by atoms with Crippen molar-refractivity contribution in [3.63, 3.8) is 0 Å². The first-order valence-electron chi connectivity index (χ1n) is 7.69. The molecule has 0 aromatic carbocycles. The van der Waals surface area contributed by atoms with Crippen molar-refractivity contribution in [3.05, 3.63) is 18.0 Å². The summed E-state index contributed by atoms with van der Waals surface area (Å²) in [6.07, 6.45) is 6.29. The van der Waals surface area contributed by atoms with Gasteiger partial charge in [0.1, 0.15) is 0 Å². The molecule has 0 bridgehead atoms. The number of hydrogen-bond acceptors (Lipinski definition) is 4. The van der Waals surface area contributed by atoms with Crippen LogP contribution in [0.3, 0.4) is 0 Å². The summed E-state index contributed by atoms with van der Waals surface area (Å²) >= 11 is 0. The Kier molecular flexibility index (Phi) is 4.63. The lowest BCUT2D eigenvalue weighted by Crippen LogP contribution is -2.24. The third-order valence-electron chi connectivity index (χ3n) is 4.98. The van der Waals surface area contributed by atoms with E-state index in [2.05, 4.69) is 54.9 Å². The van der Waals surface area contributed by atoms with Gasteiger partial charge >= 0.3 is 0 Å². The van der Waals surface area contributed by atoms with Crippen molar-refractivity contribution in [2.45, 2.75) is 52.5 Å². The van der Waals surface area contributed by atoms with Crippen LogP contribution < -0.4 is 5.32 Å². The monoisotopic (exact) mass is 276 g/mol. The molecule has 2 rings (SSSR count). The van der Waals surface area contributed by atoms with Gasteiger partial charge in [-0.15, -0.1) is 0 Å². The highest BCUT2D eigenvalue weighted by Gasteiger charge is 2.26. The fraction of sp³-hybridized carbons (Fsp3) is 0.750. The van der Waals surface area contributed by atoms with Crippen LogP contribution in [0, 0.1) is 5.41 Å². The SMILES string of the molecule is CCC(C)(C)C(C)c1cnc(N[C@H]2CCN(C)C2)nc1. The molecule has 2 atom stereocenters. The molecule has 0 saturated carbocycles. The molecular formula is C16H28N4. The second-order valence-corrected chi connectivity index (χ2v) is 6.80. The second-order valence-electron chi connectivity index (χ2n) is 6.80. The number of rotatable bonds is 5. The molecule has 1 aromatic heterocycles. The maximum absolute atomic E-state index is 4.50. The molecule has 0 spiro atoms. The van der Waals surface area contributed by atoms with Crippen LogP contribution in [0.15, 0.2) is 12.4 Å². The van der Waals surface area contributed by atoms with Crippen LogP contribution in [0.4, 0.5) is 5.95 Å². The molecule has 4 nitrogen and oxygen atoms in total. The number of nitrogens with one attached hydrogen (secondary N) is 1. The number of hydrogen-bond donors (Lipinski definition) is 1. The normalized spacial score (nSPS) is 21.9. The van der Waals surface area contributed by atoms with Crippen LogP contribution in [0.2, 0.25) is 0 Å². The molecule has 1 saturated heterocycles. The Balaban J connectivity index is 1.99. The molecule has 1 N–H and O–H groups in total. The molecule has 1 unspecified atom stereocenters. The van der Waals surface area contributed by atoms with Gasteiger partial charge in [0.25, 0.3) is 0 Å². The van der Waals surface area contributed by atoms with Crippen LogP contribution in [0.1, 0.15) is 52.0 Å². The summed E-state index contributed by atoms with van der Waals surface area (Å²) in [4.78, 5) is 11.3. The average molecular weight is 276 g/mol. The largest absolute Gasteiger partial charge is 0.350 e. The molecule has 0 aliphatic carbocycles. The Labute approximate surface area is 123 Å². The number of likely N-dealkylation sites (tertiary alicyclic amines) is 1. The summed E-state index contributed by atoms with van der Waals surface area (Å²) in [7, 11) is 2.15. The van der Waals surface area contributed by atoms with Gasteiger partial charge in [-0.1, -0.05) is 34.1 Å². The van der Waals surface area contributed by atoms with E-state index < -0.39 is 0 Å². The zero-order valence-corrected chi connectivity index (χ0v) is 13.5. The maximum atomic E-state index is 4.50. The Hall–Kier alpha value is -1.16. The molecule has 0 radical (unpaired) electrons. The molecule has 1 aliphatic rings. The molecule has 20 heavy (non-hydrogen) atoms. The van der Waals surface area contributed by atoms with Crippen molar-refractivity contribution >= 4 is 5.95 Å². The summed E-state index contributed by atoms with van der Waals surface area (Å²) in [5.74, 6) is 1.23. The van der Waals surface area contributed by atoms with Crippen LogP contribution in [-0.4, -0.2) is 41.0 Å². The topological polar surface area (TPSA) is 41.1 Å². The van der Waals surface area contributed by atoms with Crippen LogP contribution in [0.5, 0.6) is 0 Å². The number of anilines is 1. The van der Waals surface area contributed by atoms with Gasteiger partial charge in [-0.05, 0) is 36.9 Å². The molecule has 1 aromatic rings. The van der Waals surface area contributed by atoms with E-state index in [1.165, 1.54) is 12.0 Å². The molecular weight excluding hydrogens is 248 g/mol. The molecule has 1 fully saturated rings. The zero-order valence-electron chi connectivity index (χ0n) is 13.5. The predicted octanol–water partition coefficient (Wildman–Crippen LogP) is 3.13. The van der Waals surface area contributed by atoms with Crippen molar-refractivity contribution in [3.8, 4) is 0 Å². The zero-order chi connectivity index (χ0) is 14.8. The van der Waals surface area contributed by atoms with Crippen molar-refractivity contribution in [2.75, 3.05) is 25.5 Å². The highest BCUT2D eigenvalue weighted by atomic mass is 15.2. The quantitative estimate of drug-likeness (QED) is 0.897. The summed E-state index contributed by atoms with van der Waals surface area (Å²) < 4.78 is 0. The Bertz CT molecular complexity index is 427. The fourth-order valence-electron chi connectivity index (χ4n) is 2.63. The first kappa shape index (κ1) is 15.2. The minimum Gasteiger partial charge on any atom is -0.350 e. The second kappa shape index (κ2) is 6.08. The van der Waals surface area contributed by atoms with Gasteiger partial charge in [-0.3, -0.25) is 0 Å². The lowest BCUT2D eigenvalue weighted by molar-refractivity contribution is 0.288. The van der Waals surface area contributed by atoms with E-state index in [0.717, 1.165) is 25.5 Å². The lowest BCUT2D eigenvalue weighted by Gasteiger charge is -2.30. The minimum atomic E-state index is 0.284. The summed E-state index contributed by atoms with van der Waals surface area (Å²) in [6.45, 7) is 11.3. The van der Waals surface area contributed by atoms with E-state index in [9.17, 15) is 0 Å². The highest BCUT2D eigenvalue weighted by molar-refractivity contribution is 5.28. The third-order valence-corrected chi connectivity index (χ3v) is 4.98. The fourth-order valence-corrected chi connectivity index (χ4v) is 2.63. The van der Waals surface area contributed by atoms with E-state index in [4.69, 9.17) is 0 Å². The van der Waals surface area contributed by atoms with Crippen LogP contribution >= 0.6 is 0 Å². The smallest absolute Gasteiger partial charge is 0.222 e. The van der Waals surface area contributed by atoms with Crippen molar-refractivity contribution in [2.24, 2.45) is 5.41 Å². The van der Waals surface area contributed by atoms with Crippen LogP contribution in [-0.2, 0) is 0 Å². The van der Waals surface area contributed by atoms with E-state index >= 15 is 0 Å². The van der Waals surface area contributed by atoms with Crippen molar-refractivity contribution in [1.29, 1.82) is 0 Å². The summed E-state index contributed by atoms with van der Waals surface area (Å²) in [6, 6.07) is 0.482. The van der Waals surface area contributed by atoms with Crippen LogP contribution in [0.25, 0.3) is 0 Å². The molecule has 4 heteroatoms. The van der Waals surface area contributed by atoms with E-state index in [1.54, 1.807) is 0 Å². The molecule has 1 aliphatic heterocycles. The standard InChI is InChI=1S/C16H28N4/c1-6-16(3,4)12(2)13-9-17-15(18-10-13)19-14-7-8-20(5)11-14/h9-10,12,14H,6-8,11H2,1-5H3,(H,17,18,19)/t12?,14-/m0/s1. The molecule has 112 valence electrons. The third kappa shape index (κ3) is 3.48. The van der Waals surface area contributed by atoms with Crippen molar-refractivity contribution in [1.82, 2.24) is 14.9 Å². The Morgan fingerprint density at radius 3 is 2.55 bits per heavy atom. The number of aromatic nitrogens is 2. The number of likely N-dealkylation sites (N-methyl/N-ethyl adjacent to an activating group) is 1. The Morgan fingerprint density at radius 2 is 2.05 bits per heavy atom. The van der Waals surface area contributed by atoms with Crippen molar-refractivity contribution < 1.29 is 0 Å². The van der Waals surface area contributed by atoms with E-state index in [-0.39, 0.29) is 5.41 Å². The summed E-state index contributed by atoms with van der Waals surface area (Å²) in [5.41, 5.74) is 1.51. The van der Waals surface area contributed by atoms with Gasteiger partial charge in [0.15, 0.2) is 0 Å². The molecule has 2 heterocycles. The van der Waals surface area contributed by atoms with Gasteiger partial charge in [0.2, 0.25) is 5.95 Å². The average Bonchev–Trinajstić information content (AvgIpc) is 2.84. The van der Waals surface area contributed by atoms with Gasteiger partial charge in [0, 0.05) is 25.0 Å². The van der Waals surface area contributed by atoms with E-state index in [0.29, 0.717) is 12.0 Å². The number of nitrogens with zero attached hydrogens (tertiary/aromatic N) is 3. The molecule has 0 amide bonds. The van der Waals surface area contributed by atoms with Gasteiger partial charge < -0.3 is 10.2 Å². The first-order chi connectivity index (χ1) is 9.42. The highest BCUT2D eigenvalue weighted by Crippen LogP contribution is 2.37. The van der Waals surface area contributed by atoms with Gasteiger partial charge in [-0.25, -0.2) is 9.97 Å². The van der Waals surface area contributed by atoms with Gasteiger partial charge in [0.05, 0.1) is 0 Å². The van der Waals surface area contributed by atoms with E-state index in [1.807, 2.05) is 12.4 Å². The minimum absolute atomic E-state index is 0.284. The maximum Gasteiger partial charge on any atom is 0.222 e. The summed E-state index contributed by atoms with van der Waals surface area (Å²) in [5, 5.41) is 3.43. The Morgan fingerprint density at radius 1 is 1.40 bits per heavy atom. The first-order valence-corrected chi connectivity index (χ1v) is 7.69. The lowest BCUT2D eigenvalue weighted by atomic mass is 9.75. The predicted molar refractivity (Wildman–Crippen MR) is 84.0 cm³/mol.